The Bertz CT molecular complexity index is 148. The Morgan fingerprint density at radius 1 is 1.29 bits per heavy atom. The number of nitrogens with one attached hydrogen (secondary N) is 1. The molecule has 3 nitrogen and oxygen atoms in total. The second kappa shape index (κ2) is 6.38. The van der Waals surface area contributed by atoms with E-state index in [1.54, 1.807) is 7.11 Å². The van der Waals surface area contributed by atoms with Gasteiger partial charge >= 0.3 is 0 Å². The van der Waals surface area contributed by atoms with E-state index < -0.39 is 0 Å². The van der Waals surface area contributed by atoms with Gasteiger partial charge in [-0.25, -0.2) is 0 Å². The molecule has 0 saturated heterocycles. The van der Waals surface area contributed by atoms with Gasteiger partial charge in [0.15, 0.2) is 0 Å². The molecule has 0 spiro atoms. The smallest absolute Gasteiger partial charge is 0.0659 e. The van der Waals surface area contributed by atoms with E-state index in [9.17, 15) is 0 Å². The fraction of sp³-hybridized carbons (Fsp3) is 1.00. The van der Waals surface area contributed by atoms with Crippen molar-refractivity contribution >= 4 is 0 Å². The van der Waals surface area contributed by atoms with Gasteiger partial charge in [0.05, 0.1) is 12.1 Å². The van der Waals surface area contributed by atoms with Crippen molar-refractivity contribution in [3.05, 3.63) is 0 Å². The summed E-state index contributed by atoms with van der Waals surface area (Å²) in [6, 6.07) is 0. The van der Waals surface area contributed by atoms with Crippen LogP contribution in [0.2, 0.25) is 0 Å². The molecule has 86 valence electrons. The molecule has 0 amide bonds. The second-order valence-electron chi connectivity index (χ2n) is 4.72. The van der Waals surface area contributed by atoms with Gasteiger partial charge in [-0.3, -0.25) is 0 Å². The molecule has 3 N–H and O–H groups in total. The molecular weight excluding hydrogens is 176 g/mol. The van der Waals surface area contributed by atoms with Crippen LogP contribution in [-0.4, -0.2) is 32.3 Å². The first kappa shape index (κ1) is 13.9. The number of nitrogens with two attached hydrogens (primary N) is 1. The van der Waals surface area contributed by atoms with Crippen molar-refractivity contribution < 1.29 is 4.74 Å². The largest absolute Gasteiger partial charge is 0.383 e. The molecule has 0 aliphatic carbocycles. The van der Waals surface area contributed by atoms with Crippen LogP contribution in [0, 0.1) is 11.8 Å². The van der Waals surface area contributed by atoms with Crippen LogP contribution in [0.15, 0.2) is 0 Å². The molecule has 1 unspecified atom stereocenters. The molecule has 0 aromatic rings. The standard InChI is InChI=1S/C11H26N2O/c1-9(2)6-13-11(7-12,8-14-5)10(3)4/h9-10,13H,6-8,12H2,1-5H3. The SMILES string of the molecule is COCC(CN)(NCC(C)C)C(C)C. The van der Waals surface area contributed by atoms with Crippen molar-refractivity contribution in [2.24, 2.45) is 17.6 Å². The molecular formula is C11H26N2O. The summed E-state index contributed by atoms with van der Waals surface area (Å²) < 4.78 is 5.25. The average Bonchev–Trinajstić information content (AvgIpc) is 2.11. The molecule has 0 aliphatic heterocycles. The minimum Gasteiger partial charge on any atom is -0.383 e. The molecule has 0 rings (SSSR count). The van der Waals surface area contributed by atoms with Gasteiger partial charge in [0.25, 0.3) is 0 Å². The molecule has 1 atom stereocenters. The number of methoxy groups -OCH3 is 1. The molecule has 0 bridgehead atoms. The van der Waals surface area contributed by atoms with Gasteiger partial charge in [0.1, 0.15) is 0 Å². The second-order valence-corrected chi connectivity index (χ2v) is 4.72. The summed E-state index contributed by atoms with van der Waals surface area (Å²) >= 11 is 0. The highest BCUT2D eigenvalue weighted by Gasteiger charge is 2.31. The molecule has 0 aliphatic rings. The zero-order valence-corrected chi connectivity index (χ0v) is 10.3. The Balaban J connectivity index is 4.33. The van der Waals surface area contributed by atoms with Crippen molar-refractivity contribution in [2.45, 2.75) is 33.2 Å². The van der Waals surface area contributed by atoms with Crippen molar-refractivity contribution in [1.82, 2.24) is 5.32 Å². The van der Waals surface area contributed by atoms with Gasteiger partial charge < -0.3 is 15.8 Å². The monoisotopic (exact) mass is 202 g/mol. The van der Waals surface area contributed by atoms with Crippen molar-refractivity contribution in [2.75, 3.05) is 26.8 Å². The molecule has 0 radical (unpaired) electrons. The lowest BCUT2D eigenvalue weighted by atomic mass is 9.86. The zero-order valence-electron chi connectivity index (χ0n) is 10.3. The van der Waals surface area contributed by atoms with E-state index in [1.807, 2.05) is 0 Å². The number of ether oxygens (including phenoxy) is 1. The van der Waals surface area contributed by atoms with E-state index in [-0.39, 0.29) is 5.54 Å². The first-order chi connectivity index (χ1) is 6.48. The Kier molecular flexibility index (Phi) is 6.33. The number of rotatable bonds is 7. The summed E-state index contributed by atoms with van der Waals surface area (Å²) in [6.07, 6.45) is 0. The minimum atomic E-state index is -0.0704. The van der Waals surface area contributed by atoms with Crippen molar-refractivity contribution in [3.63, 3.8) is 0 Å². The van der Waals surface area contributed by atoms with Crippen LogP contribution in [0.1, 0.15) is 27.7 Å². The predicted molar refractivity (Wildman–Crippen MR) is 61.3 cm³/mol. The van der Waals surface area contributed by atoms with E-state index in [0.717, 1.165) is 6.54 Å². The third-order valence-electron chi connectivity index (χ3n) is 2.73. The predicted octanol–water partition coefficient (Wildman–Crippen LogP) is 1.23. The van der Waals surface area contributed by atoms with Gasteiger partial charge in [-0.15, -0.1) is 0 Å². The topological polar surface area (TPSA) is 47.3 Å². The summed E-state index contributed by atoms with van der Waals surface area (Å²) in [5.41, 5.74) is 5.77. The Morgan fingerprint density at radius 2 is 1.86 bits per heavy atom. The first-order valence-corrected chi connectivity index (χ1v) is 5.42. The molecule has 3 heteroatoms. The number of hydrogen-bond acceptors (Lipinski definition) is 3. The molecule has 0 fully saturated rings. The van der Waals surface area contributed by atoms with E-state index in [2.05, 4.69) is 33.0 Å². The van der Waals surface area contributed by atoms with Gasteiger partial charge in [0, 0.05) is 13.7 Å². The van der Waals surface area contributed by atoms with Crippen molar-refractivity contribution in [3.8, 4) is 0 Å². The van der Waals surface area contributed by atoms with Gasteiger partial charge in [0.2, 0.25) is 0 Å². The zero-order chi connectivity index (χ0) is 11.2. The quantitative estimate of drug-likeness (QED) is 0.653. The molecule has 14 heavy (non-hydrogen) atoms. The van der Waals surface area contributed by atoms with Gasteiger partial charge in [-0.05, 0) is 18.4 Å². The van der Waals surface area contributed by atoms with Crippen LogP contribution in [-0.2, 0) is 4.74 Å². The van der Waals surface area contributed by atoms with E-state index in [4.69, 9.17) is 10.5 Å². The van der Waals surface area contributed by atoms with Crippen LogP contribution >= 0.6 is 0 Å². The third kappa shape index (κ3) is 3.95. The Morgan fingerprint density at radius 3 is 2.14 bits per heavy atom. The van der Waals surface area contributed by atoms with Crippen LogP contribution in [0.25, 0.3) is 0 Å². The summed E-state index contributed by atoms with van der Waals surface area (Å²) in [5.74, 6) is 1.11. The Hall–Kier alpha value is -0.120. The summed E-state index contributed by atoms with van der Waals surface area (Å²) in [5, 5.41) is 3.53. The first-order valence-electron chi connectivity index (χ1n) is 5.42. The molecule has 0 aromatic carbocycles. The fourth-order valence-electron chi connectivity index (χ4n) is 1.45. The van der Waals surface area contributed by atoms with Crippen molar-refractivity contribution in [1.29, 1.82) is 0 Å². The van der Waals surface area contributed by atoms with Gasteiger partial charge in [-0.1, -0.05) is 27.7 Å². The summed E-state index contributed by atoms with van der Waals surface area (Å²) in [4.78, 5) is 0. The highest BCUT2D eigenvalue weighted by Crippen LogP contribution is 2.16. The molecule has 0 heterocycles. The fourth-order valence-corrected chi connectivity index (χ4v) is 1.45. The van der Waals surface area contributed by atoms with E-state index >= 15 is 0 Å². The lowest BCUT2D eigenvalue weighted by Crippen LogP contribution is -2.59. The van der Waals surface area contributed by atoms with Crippen LogP contribution in [0.5, 0.6) is 0 Å². The van der Waals surface area contributed by atoms with E-state index in [1.165, 1.54) is 0 Å². The summed E-state index contributed by atoms with van der Waals surface area (Å²) in [6.45, 7) is 11.0. The molecule has 0 saturated carbocycles. The minimum absolute atomic E-state index is 0.0704. The lowest BCUT2D eigenvalue weighted by Gasteiger charge is -2.37. The highest BCUT2D eigenvalue weighted by molar-refractivity contribution is 4.92. The normalized spacial score (nSPS) is 16.3. The summed E-state index contributed by atoms with van der Waals surface area (Å²) in [7, 11) is 1.73. The number of hydrogen-bond donors (Lipinski definition) is 2. The van der Waals surface area contributed by atoms with Crippen LogP contribution in [0.3, 0.4) is 0 Å². The maximum atomic E-state index is 5.84. The molecule has 0 aromatic heterocycles. The average molecular weight is 202 g/mol. The lowest BCUT2D eigenvalue weighted by molar-refractivity contribution is 0.0809. The van der Waals surface area contributed by atoms with Crippen LogP contribution < -0.4 is 11.1 Å². The highest BCUT2D eigenvalue weighted by atomic mass is 16.5. The maximum Gasteiger partial charge on any atom is 0.0659 e. The van der Waals surface area contributed by atoms with Crippen LogP contribution in [0.4, 0.5) is 0 Å². The third-order valence-corrected chi connectivity index (χ3v) is 2.73. The maximum absolute atomic E-state index is 5.84. The Labute approximate surface area is 88.4 Å². The van der Waals surface area contributed by atoms with E-state index in [0.29, 0.717) is 25.0 Å². The van der Waals surface area contributed by atoms with Gasteiger partial charge in [-0.2, -0.15) is 0 Å².